The van der Waals surface area contributed by atoms with Gasteiger partial charge in [0, 0.05) is 18.9 Å². The first-order valence-corrected chi connectivity index (χ1v) is 6.95. The standard InChI is InChI=1S/C9H15F2NO4S/c10-9(11)4-1-2-7(9)6-17(15,16)12-5-3-8(13)14/h7,12H,1-6H2,(H,13,14). The summed E-state index contributed by atoms with van der Waals surface area (Å²) in [6.07, 6.45) is -0.127. The number of carboxylic acids is 1. The van der Waals surface area contributed by atoms with E-state index in [1.165, 1.54) is 0 Å². The Morgan fingerprint density at radius 1 is 1.47 bits per heavy atom. The normalized spacial score (nSPS) is 23.8. The van der Waals surface area contributed by atoms with Crippen molar-refractivity contribution in [3.63, 3.8) is 0 Å². The maximum Gasteiger partial charge on any atom is 0.304 e. The number of halogens is 2. The SMILES string of the molecule is O=C(O)CCNS(=O)(=O)CC1CCCC1(F)F. The lowest BCUT2D eigenvalue weighted by Crippen LogP contribution is -2.36. The molecule has 0 amide bonds. The number of carbonyl (C=O) groups is 1. The summed E-state index contributed by atoms with van der Waals surface area (Å²) in [5.41, 5.74) is 0. The summed E-state index contributed by atoms with van der Waals surface area (Å²) in [5.74, 6) is -5.87. The van der Waals surface area contributed by atoms with E-state index in [0.29, 0.717) is 6.42 Å². The monoisotopic (exact) mass is 271 g/mol. The van der Waals surface area contributed by atoms with E-state index in [2.05, 4.69) is 0 Å². The predicted molar refractivity (Wildman–Crippen MR) is 56.3 cm³/mol. The molecule has 17 heavy (non-hydrogen) atoms. The highest BCUT2D eigenvalue weighted by Gasteiger charge is 2.45. The molecule has 1 atom stereocenters. The van der Waals surface area contributed by atoms with Gasteiger partial charge in [0.1, 0.15) is 0 Å². The van der Waals surface area contributed by atoms with Gasteiger partial charge in [-0.1, -0.05) is 0 Å². The molecule has 0 aromatic heterocycles. The first-order chi connectivity index (χ1) is 7.73. The van der Waals surface area contributed by atoms with Crippen LogP contribution in [-0.4, -0.2) is 37.7 Å². The summed E-state index contributed by atoms with van der Waals surface area (Å²) in [6.45, 7) is -0.268. The highest BCUT2D eigenvalue weighted by atomic mass is 32.2. The van der Waals surface area contributed by atoms with E-state index in [-0.39, 0.29) is 25.8 Å². The van der Waals surface area contributed by atoms with Gasteiger partial charge < -0.3 is 5.11 Å². The van der Waals surface area contributed by atoms with E-state index in [0.717, 1.165) is 0 Å². The molecule has 0 aromatic carbocycles. The van der Waals surface area contributed by atoms with Crippen LogP contribution in [0.2, 0.25) is 0 Å². The minimum absolute atomic E-state index is 0.187. The minimum Gasteiger partial charge on any atom is -0.481 e. The molecule has 8 heteroatoms. The summed E-state index contributed by atoms with van der Waals surface area (Å²) >= 11 is 0. The van der Waals surface area contributed by atoms with Gasteiger partial charge in [-0.3, -0.25) is 4.79 Å². The zero-order chi connectivity index (χ0) is 13.1. The van der Waals surface area contributed by atoms with E-state index in [9.17, 15) is 22.0 Å². The smallest absolute Gasteiger partial charge is 0.304 e. The molecule has 0 aliphatic heterocycles. The van der Waals surface area contributed by atoms with E-state index in [1.807, 2.05) is 4.72 Å². The molecule has 0 saturated heterocycles. The van der Waals surface area contributed by atoms with Crippen LogP contribution in [0.1, 0.15) is 25.7 Å². The van der Waals surface area contributed by atoms with Gasteiger partial charge in [-0.15, -0.1) is 0 Å². The molecule has 1 aliphatic rings. The maximum atomic E-state index is 13.2. The number of sulfonamides is 1. The quantitative estimate of drug-likeness (QED) is 0.749. The van der Waals surface area contributed by atoms with Gasteiger partial charge in [-0.2, -0.15) is 0 Å². The molecular weight excluding hydrogens is 256 g/mol. The first kappa shape index (κ1) is 14.3. The van der Waals surface area contributed by atoms with Crippen LogP contribution >= 0.6 is 0 Å². The molecule has 5 nitrogen and oxygen atoms in total. The Labute approximate surface area is 98.3 Å². The van der Waals surface area contributed by atoms with Crippen LogP contribution in [0.3, 0.4) is 0 Å². The lowest BCUT2D eigenvalue weighted by molar-refractivity contribution is -0.136. The van der Waals surface area contributed by atoms with Gasteiger partial charge in [0.15, 0.2) is 0 Å². The van der Waals surface area contributed by atoms with Gasteiger partial charge in [0.2, 0.25) is 10.0 Å². The fourth-order valence-corrected chi connectivity index (χ4v) is 3.31. The number of nitrogens with one attached hydrogen (secondary N) is 1. The van der Waals surface area contributed by atoms with Crippen molar-refractivity contribution in [2.24, 2.45) is 5.92 Å². The zero-order valence-corrected chi connectivity index (χ0v) is 9.97. The third kappa shape index (κ3) is 4.55. The zero-order valence-electron chi connectivity index (χ0n) is 9.16. The number of hydrogen-bond acceptors (Lipinski definition) is 3. The summed E-state index contributed by atoms with van der Waals surface area (Å²) in [7, 11) is -3.83. The summed E-state index contributed by atoms with van der Waals surface area (Å²) in [4.78, 5) is 10.2. The number of alkyl halides is 2. The van der Waals surface area contributed by atoms with E-state index < -0.39 is 33.6 Å². The van der Waals surface area contributed by atoms with Crippen molar-refractivity contribution >= 4 is 16.0 Å². The topological polar surface area (TPSA) is 83.5 Å². The van der Waals surface area contributed by atoms with Crippen LogP contribution in [0.25, 0.3) is 0 Å². The van der Waals surface area contributed by atoms with E-state index in [1.54, 1.807) is 0 Å². The Morgan fingerprint density at radius 2 is 2.12 bits per heavy atom. The Morgan fingerprint density at radius 3 is 2.59 bits per heavy atom. The van der Waals surface area contributed by atoms with Crippen molar-refractivity contribution in [1.29, 1.82) is 0 Å². The van der Waals surface area contributed by atoms with Crippen molar-refractivity contribution < 1.29 is 27.1 Å². The maximum absolute atomic E-state index is 13.2. The van der Waals surface area contributed by atoms with Crippen LogP contribution in [0, 0.1) is 5.92 Å². The highest BCUT2D eigenvalue weighted by Crippen LogP contribution is 2.40. The molecule has 0 heterocycles. The van der Waals surface area contributed by atoms with Gasteiger partial charge in [-0.25, -0.2) is 21.9 Å². The second kappa shape index (κ2) is 5.26. The molecule has 0 bridgehead atoms. The highest BCUT2D eigenvalue weighted by molar-refractivity contribution is 7.89. The number of hydrogen-bond donors (Lipinski definition) is 2. The molecule has 1 fully saturated rings. The molecule has 1 unspecified atom stereocenters. The Hall–Kier alpha value is -0.760. The van der Waals surface area contributed by atoms with Crippen LogP contribution < -0.4 is 4.72 Å². The number of rotatable bonds is 6. The molecular formula is C9H15F2NO4S. The molecule has 2 N–H and O–H groups in total. The van der Waals surface area contributed by atoms with Gasteiger partial charge in [0.25, 0.3) is 5.92 Å². The lowest BCUT2D eigenvalue weighted by Gasteiger charge is -2.18. The first-order valence-electron chi connectivity index (χ1n) is 5.30. The minimum atomic E-state index is -3.83. The molecule has 0 aromatic rings. The van der Waals surface area contributed by atoms with Gasteiger partial charge >= 0.3 is 5.97 Å². The van der Waals surface area contributed by atoms with Crippen LogP contribution in [-0.2, 0) is 14.8 Å². The van der Waals surface area contributed by atoms with Crippen molar-refractivity contribution in [2.45, 2.75) is 31.6 Å². The Bertz CT molecular complexity index is 382. The van der Waals surface area contributed by atoms with E-state index in [4.69, 9.17) is 5.11 Å². The molecule has 0 spiro atoms. The third-order valence-corrected chi connectivity index (χ3v) is 4.23. The van der Waals surface area contributed by atoms with Crippen molar-refractivity contribution in [2.75, 3.05) is 12.3 Å². The number of carboxylic acid groups (broad SMARTS) is 1. The summed E-state index contributed by atoms with van der Waals surface area (Å²) in [5, 5.41) is 8.32. The van der Waals surface area contributed by atoms with Crippen LogP contribution in [0.5, 0.6) is 0 Å². The van der Waals surface area contributed by atoms with Gasteiger partial charge in [-0.05, 0) is 12.8 Å². The van der Waals surface area contributed by atoms with Crippen molar-refractivity contribution in [1.82, 2.24) is 4.72 Å². The average molecular weight is 271 g/mol. The van der Waals surface area contributed by atoms with Crippen molar-refractivity contribution in [3.8, 4) is 0 Å². The lowest BCUT2D eigenvalue weighted by atomic mass is 10.1. The second-order valence-corrected chi connectivity index (χ2v) is 6.02. The molecule has 1 aliphatic carbocycles. The van der Waals surface area contributed by atoms with Crippen LogP contribution in [0.15, 0.2) is 0 Å². The largest absolute Gasteiger partial charge is 0.481 e. The molecule has 1 saturated carbocycles. The second-order valence-electron chi connectivity index (χ2n) is 4.17. The predicted octanol–water partition coefficient (Wildman–Crippen LogP) is 0.816. The Kier molecular flexibility index (Phi) is 4.42. The fraction of sp³-hybridized carbons (Fsp3) is 0.889. The van der Waals surface area contributed by atoms with Crippen molar-refractivity contribution in [3.05, 3.63) is 0 Å². The Balaban J connectivity index is 2.46. The molecule has 100 valence electrons. The number of aliphatic carboxylic acids is 1. The average Bonchev–Trinajstić information content (AvgIpc) is 2.44. The summed E-state index contributed by atoms with van der Waals surface area (Å²) < 4.78 is 51.3. The van der Waals surface area contributed by atoms with Crippen LogP contribution in [0.4, 0.5) is 8.78 Å². The third-order valence-electron chi connectivity index (χ3n) is 2.74. The fourth-order valence-electron chi connectivity index (χ4n) is 1.84. The summed E-state index contributed by atoms with van der Waals surface area (Å²) in [6, 6.07) is 0. The van der Waals surface area contributed by atoms with Gasteiger partial charge in [0.05, 0.1) is 12.2 Å². The molecule has 0 radical (unpaired) electrons. The van der Waals surface area contributed by atoms with E-state index >= 15 is 0 Å². The molecule has 1 rings (SSSR count).